The molecule has 0 fully saturated rings. The van der Waals surface area contributed by atoms with E-state index in [2.05, 4.69) is 10.4 Å². The molecule has 2 aromatic heterocycles. The molecule has 7 nitrogen and oxygen atoms in total. The lowest BCUT2D eigenvalue weighted by atomic mass is 10.2. The molecular weight excluding hydrogens is 446 g/mol. The van der Waals surface area contributed by atoms with Crippen molar-refractivity contribution in [3.8, 4) is 5.69 Å². The number of nitrogens with one attached hydrogen (secondary N) is 1. The first kappa shape index (κ1) is 20.8. The molecule has 2 aromatic carbocycles. The smallest absolute Gasteiger partial charge is 0.265 e. The minimum absolute atomic E-state index is 0.110. The molecular formula is C23H20ClN5O2S. The highest BCUT2D eigenvalue weighted by molar-refractivity contribution is 7.99. The van der Waals surface area contributed by atoms with E-state index in [1.807, 2.05) is 43.3 Å². The molecule has 0 radical (unpaired) electrons. The number of aryl methyl sites for hydroxylation is 1. The molecule has 1 amide bonds. The number of halogens is 1. The van der Waals surface area contributed by atoms with Gasteiger partial charge in [-0.2, -0.15) is 5.10 Å². The molecule has 0 saturated heterocycles. The van der Waals surface area contributed by atoms with Crippen molar-refractivity contribution in [2.24, 2.45) is 0 Å². The van der Waals surface area contributed by atoms with Gasteiger partial charge in [-0.05, 0) is 36.2 Å². The van der Waals surface area contributed by atoms with Gasteiger partial charge in [0.2, 0.25) is 5.91 Å². The van der Waals surface area contributed by atoms with Crippen LogP contribution in [-0.4, -0.2) is 31.0 Å². The summed E-state index contributed by atoms with van der Waals surface area (Å²) in [6.45, 7) is 2.41. The molecule has 162 valence electrons. The van der Waals surface area contributed by atoms with Crippen LogP contribution in [0.15, 0.2) is 64.7 Å². The molecule has 1 aliphatic heterocycles. The maximum atomic E-state index is 13.3. The second-order valence-corrected chi connectivity index (χ2v) is 9.15. The first-order valence-electron chi connectivity index (χ1n) is 10.2. The van der Waals surface area contributed by atoms with Crippen LogP contribution in [0.3, 0.4) is 0 Å². The van der Waals surface area contributed by atoms with Crippen molar-refractivity contribution >= 4 is 40.3 Å². The molecule has 1 aliphatic rings. The van der Waals surface area contributed by atoms with Gasteiger partial charge in [-0.25, -0.2) is 9.67 Å². The highest BCUT2D eigenvalue weighted by Crippen LogP contribution is 2.33. The van der Waals surface area contributed by atoms with E-state index in [-0.39, 0.29) is 23.9 Å². The van der Waals surface area contributed by atoms with E-state index < -0.39 is 0 Å². The number of fused-ring (bicyclic) bond motifs is 2. The predicted molar refractivity (Wildman–Crippen MR) is 126 cm³/mol. The van der Waals surface area contributed by atoms with Crippen LogP contribution in [0.5, 0.6) is 0 Å². The van der Waals surface area contributed by atoms with Crippen molar-refractivity contribution in [2.75, 3.05) is 5.75 Å². The highest BCUT2D eigenvalue weighted by atomic mass is 35.5. The predicted octanol–water partition coefficient (Wildman–Crippen LogP) is 3.90. The van der Waals surface area contributed by atoms with Crippen LogP contribution in [0.25, 0.3) is 16.7 Å². The van der Waals surface area contributed by atoms with Gasteiger partial charge in [0.25, 0.3) is 5.56 Å². The number of thioether (sulfide) groups is 1. The van der Waals surface area contributed by atoms with Crippen LogP contribution in [0.2, 0.25) is 5.02 Å². The van der Waals surface area contributed by atoms with Gasteiger partial charge in [0.15, 0.2) is 10.8 Å². The van der Waals surface area contributed by atoms with Crippen LogP contribution in [0.1, 0.15) is 23.6 Å². The Morgan fingerprint density at radius 1 is 1.22 bits per heavy atom. The maximum absolute atomic E-state index is 13.3. The topological polar surface area (TPSA) is 81.8 Å². The number of carbonyl (C=O) groups excluding carboxylic acids is 1. The minimum atomic E-state index is -0.244. The summed E-state index contributed by atoms with van der Waals surface area (Å²) in [6.07, 6.45) is 1.78. The molecule has 0 saturated carbocycles. The Hall–Kier alpha value is -3.10. The van der Waals surface area contributed by atoms with Crippen molar-refractivity contribution in [1.29, 1.82) is 0 Å². The molecule has 0 bridgehead atoms. The highest BCUT2D eigenvalue weighted by Gasteiger charge is 2.29. The molecule has 32 heavy (non-hydrogen) atoms. The zero-order chi connectivity index (χ0) is 22.2. The summed E-state index contributed by atoms with van der Waals surface area (Å²) >= 11 is 7.39. The third kappa shape index (κ3) is 3.80. The van der Waals surface area contributed by atoms with E-state index in [4.69, 9.17) is 16.6 Å². The fourth-order valence-electron chi connectivity index (χ4n) is 3.85. The number of carbonyl (C=O) groups is 1. The molecule has 5 rings (SSSR count). The van der Waals surface area contributed by atoms with Crippen molar-refractivity contribution in [3.05, 3.63) is 81.2 Å². The fourth-order valence-corrected chi connectivity index (χ4v) is 5.10. The van der Waals surface area contributed by atoms with Crippen LogP contribution >= 0.6 is 23.4 Å². The third-order valence-corrected chi connectivity index (χ3v) is 6.89. The van der Waals surface area contributed by atoms with Crippen molar-refractivity contribution in [3.63, 3.8) is 0 Å². The molecule has 9 heteroatoms. The summed E-state index contributed by atoms with van der Waals surface area (Å²) in [7, 11) is 0. The van der Waals surface area contributed by atoms with E-state index in [0.29, 0.717) is 33.5 Å². The lowest BCUT2D eigenvalue weighted by Crippen LogP contribution is -2.30. The number of hydrogen-bond donors (Lipinski definition) is 1. The van der Waals surface area contributed by atoms with Gasteiger partial charge in [0.1, 0.15) is 5.39 Å². The largest absolute Gasteiger partial charge is 0.352 e. The average Bonchev–Trinajstić information content (AvgIpc) is 3.39. The molecule has 0 spiro atoms. The third-order valence-electron chi connectivity index (χ3n) is 5.54. The van der Waals surface area contributed by atoms with Gasteiger partial charge in [-0.15, -0.1) is 0 Å². The molecule has 4 aromatic rings. The fraction of sp³-hybridized carbons (Fsp3) is 0.217. The van der Waals surface area contributed by atoms with Gasteiger partial charge < -0.3 is 5.32 Å². The second-order valence-electron chi connectivity index (χ2n) is 7.72. The molecule has 1 N–H and O–H groups in total. The lowest BCUT2D eigenvalue weighted by Gasteiger charge is -2.14. The molecule has 1 unspecified atom stereocenters. The Morgan fingerprint density at radius 2 is 2.00 bits per heavy atom. The summed E-state index contributed by atoms with van der Waals surface area (Å²) in [5, 5.41) is 9.07. The first-order chi connectivity index (χ1) is 15.5. The number of amides is 1. The SMILES string of the molecule is Cc1ccccc1-n1ncc2c(=O)n3c(nc21)SCC3CC(=O)NCc1ccc(Cl)cc1. The van der Waals surface area contributed by atoms with Gasteiger partial charge >= 0.3 is 0 Å². The van der Waals surface area contributed by atoms with E-state index in [0.717, 1.165) is 16.8 Å². The molecule has 1 atom stereocenters. The number of rotatable bonds is 5. The van der Waals surface area contributed by atoms with Gasteiger partial charge in [-0.3, -0.25) is 14.2 Å². The van der Waals surface area contributed by atoms with Crippen LogP contribution in [-0.2, 0) is 11.3 Å². The zero-order valence-electron chi connectivity index (χ0n) is 17.3. The van der Waals surface area contributed by atoms with E-state index >= 15 is 0 Å². The number of benzene rings is 2. The normalized spacial score (nSPS) is 15.1. The summed E-state index contributed by atoms with van der Waals surface area (Å²) in [5.74, 6) is 0.516. The van der Waals surface area contributed by atoms with Gasteiger partial charge in [0.05, 0.1) is 17.9 Å². The monoisotopic (exact) mass is 465 g/mol. The Labute approximate surface area is 193 Å². The van der Waals surface area contributed by atoms with Crippen molar-refractivity contribution in [2.45, 2.75) is 31.1 Å². The van der Waals surface area contributed by atoms with E-state index in [1.165, 1.54) is 11.8 Å². The minimum Gasteiger partial charge on any atom is -0.352 e. The lowest BCUT2D eigenvalue weighted by molar-refractivity contribution is -0.121. The number of para-hydroxylation sites is 1. The Morgan fingerprint density at radius 3 is 2.78 bits per heavy atom. The second kappa shape index (κ2) is 8.44. The van der Waals surface area contributed by atoms with Crippen LogP contribution in [0, 0.1) is 6.92 Å². The average molecular weight is 466 g/mol. The van der Waals surface area contributed by atoms with Gasteiger partial charge in [0, 0.05) is 23.7 Å². The summed E-state index contributed by atoms with van der Waals surface area (Å²) < 4.78 is 3.35. The summed E-state index contributed by atoms with van der Waals surface area (Å²) in [6, 6.07) is 14.9. The zero-order valence-corrected chi connectivity index (χ0v) is 18.9. The summed E-state index contributed by atoms with van der Waals surface area (Å²) in [5.41, 5.74) is 3.28. The van der Waals surface area contributed by atoms with E-state index in [9.17, 15) is 9.59 Å². The van der Waals surface area contributed by atoms with Crippen LogP contribution in [0.4, 0.5) is 0 Å². The summed E-state index contributed by atoms with van der Waals surface area (Å²) in [4.78, 5) is 30.6. The molecule has 3 heterocycles. The van der Waals surface area contributed by atoms with Crippen molar-refractivity contribution in [1.82, 2.24) is 24.6 Å². The Balaban J connectivity index is 1.39. The Bertz CT molecular complexity index is 1380. The van der Waals surface area contributed by atoms with Crippen molar-refractivity contribution < 1.29 is 4.79 Å². The maximum Gasteiger partial charge on any atom is 0.265 e. The quantitative estimate of drug-likeness (QED) is 0.452. The number of aromatic nitrogens is 4. The van der Waals surface area contributed by atoms with Crippen LogP contribution < -0.4 is 10.9 Å². The standard InChI is InChI=1S/C23H20ClN5O2S/c1-14-4-2-3-5-19(14)29-21-18(12-26-29)22(31)28-17(13-32-23(28)27-21)10-20(30)25-11-15-6-8-16(24)9-7-15/h2-9,12,17H,10-11,13H2,1H3,(H,25,30). The first-order valence-corrected chi connectivity index (χ1v) is 11.6. The number of hydrogen-bond acceptors (Lipinski definition) is 5. The van der Waals surface area contributed by atoms with E-state index in [1.54, 1.807) is 27.6 Å². The Kier molecular flexibility index (Phi) is 5.48. The molecule has 0 aliphatic carbocycles. The number of nitrogens with zero attached hydrogens (tertiary/aromatic N) is 4. The van der Waals surface area contributed by atoms with Gasteiger partial charge in [-0.1, -0.05) is 53.7 Å².